The number of carbonyl (C=O) groups is 3. The molecule has 0 saturated heterocycles. The Bertz CT molecular complexity index is 1130. The Balaban J connectivity index is 1.54. The number of amides is 3. The SMILES string of the molecule is CCC(=O)Nc1ccc(C(=O)NNC(=S)NC(=O)c2sc3ccccc3c2Cl)cc1. The molecule has 3 aromatic rings. The summed E-state index contributed by atoms with van der Waals surface area (Å²) < 4.78 is 0.887. The van der Waals surface area contributed by atoms with E-state index in [0.29, 0.717) is 27.6 Å². The average Bonchev–Trinajstić information content (AvgIpc) is 3.09. The van der Waals surface area contributed by atoms with Gasteiger partial charge >= 0.3 is 0 Å². The molecule has 0 radical (unpaired) electrons. The molecule has 0 bridgehead atoms. The van der Waals surface area contributed by atoms with Crippen LogP contribution in [0.5, 0.6) is 0 Å². The first kappa shape index (κ1) is 21.7. The molecular formula is C20H17ClN4O3S2. The number of nitrogens with one attached hydrogen (secondary N) is 4. The topological polar surface area (TPSA) is 99.3 Å². The van der Waals surface area contributed by atoms with Crippen LogP contribution in [0.15, 0.2) is 48.5 Å². The fourth-order valence-electron chi connectivity index (χ4n) is 2.49. The average molecular weight is 461 g/mol. The van der Waals surface area contributed by atoms with Crippen LogP contribution in [0.1, 0.15) is 33.4 Å². The lowest BCUT2D eigenvalue weighted by molar-refractivity contribution is -0.115. The Morgan fingerprint density at radius 2 is 1.70 bits per heavy atom. The molecule has 0 unspecified atom stereocenters. The molecule has 3 amide bonds. The molecular weight excluding hydrogens is 444 g/mol. The van der Waals surface area contributed by atoms with Crippen LogP contribution in [0.2, 0.25) is 5.02 Å². The van der Waals surface area contributed by atoms with Crippen molar-refractivity contribution >= 4 is 73.8 Å². The minimum Gasteiger partial charge on any atom is -0.326 e. The van der Waals surface area contributed by atoms with Crippen molar-refractivity contribution in [3.05, 3.63) is 64.0 Å². The van der Waals surface area contributed by atoms with Crippen LogP contribution < -0.4 is 21.5 Å². The van der Waals surface area contributed by atoms with Crippen molar-refractivity contribution in [2.45, 2.75) is 13.3 Å². The van der Waals surface area contributed by atoms with Gasteiger partial charge in [-0.05, 0) is 42.5 Å². The quantitative estimate of drug-likeness (QED) is 0.350. The van der Waals surface area contributed by atoms with Gasteiger partial charge in [0.25, 0.3) is 11.8 Å². The minimum atomic E-state index is -0.469. The van der Waals surface area contributed by atoms with Crippen LogP contribution in [0.4, 0.5) is 5.69 Å². The number of thiophene rings is 1. The standard InChI is InChI=1S/C20H17ClN4O3S2/c1-2-15(26)22-12-9-7-11(8-10-12)18(27)24-25-20(29)23-19(28)17-16(21)13-5-3-4-6-14(13)30-17/h3-10H,2H2,1H3,(H,22,26)(H,24,27)(H2,23,25,28,29). The molecule has 30 heavy (non-hydrogen) atoms. The predicted octanol–water partition coefficient (Wildman–Crippen LogP) is 3.85. The van der Waals surface area contributed by atoms with Gasteiger partial charge in [0.1, 0.15) is 4.88 Å². The summed E-state index contributed by atoms with van der Waals surface area (Å²) in [6, 6.07) is 13.8. The van der Waals surface area contributed by atoms with Crippen LogP contribution in [-0.2, 0) is 4.79 Å². The van der Waals surface area contributed by atoms with E-state index >= 15 is 0 Å². The summed E-state index contributed by atoms with van der Waals surface area (Å²) in [4.78, 5) is 36.4. The van der Waals surface area contributed by atoms with Gasteiger partial charge in [-0.2, -0.15) is 0 Å². The Morgan fingerprint density at radius 3 is 2.37 bits per heavy atom. The molecule has 1 aromatic heterocycles. The highest BCUT2D eigenvalue weighted by Gasteiger charge is 2.18. The molecule has 0 aliphatic rings. The van der Waals surface area contributed by atoms with Crippen molar-refractivity contribution in [1.82, 2.24) is 16.2 Å². The summed E-state index contributed by atoms with van der Waals surface area (Å²) >= 11 is 12.6. The van der Waals surface area contributed by atoms with Crippen molar-refractivity contribution < 1.29 is 14.4 Å². The van der Waals surface area contributed by atoms with Crippen molar-refractivity contribution in [3.63, 3.8) is 0 Å². The fourth-order valence-corrected chi connectivity index (χ4v) is 4.05. The summed E-state index contributed by atoms with van der Waals surface area (Å²) in [5.74, 6) is -1.04. The number of hydrogen-bond acceptors (Lipinski definition) is 5. The highest BCUT2D eigenvalue weighted by atomic mass is 35.5. The van der Waals surface area contributed by atoms with E-state index in [1.807, 2.05) is 24.3 Å². The normalized spacial score (nSPS) is 10.3. The van der Waals surface area contributed by atoms with Crippen LogP contribution in [0.3, 0.4) is 0 Å². The molecule has 0 fully saturated rings. The Labute approximate surface area is 186 Å². The van der Waals surface area contributed by atoms with Crippen LogP contribution in [0.25, 0.3) is 10.1 Å². The van der Waals surface area contributed by atoms with E-state index in [1.165, 1.54) is 11.3 Å². The summed E-state index contributed by atoms with van der Waals surface area (Å²) in [5, 5.41) is 6.26. The summed E-state index contributed by atoms with van der Waals surface area (Å²) in [6.07, 6.45) is 0.363. The van der Waals surface area contributed by atoms with Crippen molar-refractivity contribution in [1.29, 1.82) is 0 Å². The third-order valence-electron chi connectivity index (χ3n) is 4.01. The zero-order valence-electron chi connectivity index (χ0n) is 15.7. The zero-order chi connectivity index (χ0) is 21.7. The maximum atomic E-state index is 12.5. The van der Waals surface area contributed by atoms with Gasteiger partial charge in [0.2, 0.25) is 5.91 Å². The van der Waals surface area contributed by atoms with Gasteiger partial charge in [0, 0.05) is 27.8 Å². The predicted molar refractivity (Wildman–Crippen MR) is 123 cm³/mol. The van der Waals surface area contributed by atoms with E-state index < -0.39 is 11.8 Å². The van der Waals surface area contributed by atoms with Crippen LogP contribution >= 0.6 is 35.2 Å². The first-order chi connectivity index (χ1) is 14.4. The summed E-state index contributed by atoms with van der Waals surface area (Å²) in [7, 11) is 0. The zero-order valence-corrected chi connectivity index (χ0v) is 18.1. The maximum Gasteiger partial charge on any atom is 0.269 e. The first-order valence-electron chi connectivity index (χ1n) is 8.87. The third-order valence-corrected chi connectivity index (χ3v) is 5.89. The number of hydrazine groups is 1. The molecule has 3 rings (SSSR count). The number of thiocarbonyl (C=S) groups is 1. The summed E-state index contributed by atoms with van der Waals surface area (Å²) in [5.41, 5.74) is 5.83. The molecule has 154 valence electrons. The molecule has 1 heterocycles. The van der Waals surface area contributed by atoms with Gasteiger partial charge in [-0.25, -0.2) is 0 Å². The second-order valence-electron chi connectivity index (χ2n) is 6.08. The lowest BCUT2D eigenvalue weighted by Gasteiger charge is -2.11. The molecule has 0 aliphatic carbocycles. The molecule has 0 atom stereocenters. The highest BCUT2D eigenvalue weighted by Crippen LogP contribution is 2.34. The van der Waals surface area contributed by atoms with E-state index in [2.05, 4.69) is 21.5 Å². The molecule has 0 spiro atoms. The number of rotatable bonds is 4. The molecule has 2 aromatic carbocycles. The highest BCUT2D eigenvalue weighted by molar-refractivity contribution is 7.80. The van der Waals surface area contributed by atoms with E-state index in [1.54, 1.807) is 31.2 Å². The molecule has 10 heteroatoms. The molecule has 4 N–H and O–H groups in total. The van der Waals surface area contributed by atoms with Gasteiger partial charge in [0.05, 0.1) is 5.02 Å². The van der Waals surface area contributed by atoms with Gasteiger partial charge in [-0.1, -0.05) is 36.7 Å². The maximum absolute atomic E-state index is 12.5. The Kier molecular flexibility index (Phi) is 6.99. The van der Waals surface area contributed by atoms with E-state index in [0.717, 1.165) is 10.1 Å². The van der Waals surface area contributed by atoms with E-state index in [9.17, 15) is 14.4 Å². The molecule has 0 aliphatic heterocycles. The van der Waals surface area contributed by atoms with Gasteiger partial charge in [-0.15, -0.1) is 11.3 Å². The van der Waals surface area contributed by atoms with Gasteiger partial charge in [0.15, 0.2) is 5.11 Å². The number of halogens is 1. The van der Waals surface area contributed by atoms with Crippen molar-refractivity contribution in [3.8, 4) is 0 Å². The van der Waals surface area contributed by atoms with Crippen molar-refractivity contribution in [2.24, 2.45) is 0 Å². The second-order valence-corrected chi connectivity index (χ2v) is 7.92. The van der Waals surface area contributed by atoms with E-state index in [4.69, 9.17) is 23.8 Å². The van der Waals surface area contributed by atoms with Crippen molar-refractivity contribution in [2.75, 3.05) is 5.32 Å². The second kappa shape index (κ2) is 9.66. The Hall–Kier alpha value is -3.01. The molecule has 7 nitrogen and oxygen atoms in total. The number of benzene rings is 2. The monoisotopic (exact) mass is 460 g/mol. The Morgan fingerprint density at radius 1 is 1.00 bits per heavy atom. The number of anilines is 1. The minimum absolute atomic E-state index is 0.0753. The first-order valence-corrected chi connectivity index (χ1v) is 10.5. The van der Waals surface area contributed by atoms with Crippen LogP contribution in [-0.4, -0.2) is 22.8 Å². The van der Waals surface area contributed by atoms with E-state index in [-0.39, 0.29) is 11.0 Å². The largest absolute Gasteiger partial charge is 0.326 e. The fraction of sp³-hybridized carbons (Fsp3) is 0.100. The lowest BCUT2D eigenvalue weighted by atomic mass is 10.2. The van der Waals surface area contributed by atoms with Gasteiger partial charge < -0.3 is 5.32 Å². The number of carbonyl (C=O) groups excluding carboxylic acids is 3. The van der Waals surface area contributed by atoms with Crippen LogP contribution in [0, 0.1) is 0 Å². The lowest BCUT2D eigenvalue weighted by Crippen LogP contribution is -2.48. The smallest absolute Gasteiger partial charge is 0.269 e. The summed E-state index contributed by atoms with van der Waals surface area (Å²) in [6.45, 7) is 1.75. The number of hydrogen-bond donors (Lipinski definition) is 4. The number of fused-ring (bicyclic) bond motifs is 1. The van der Waals surface area contributed by atoms with Gasteiger partial charge in [-0.3, -0.25) is 30.6 Å². The third kappa shape index (κ3) is 5.12. The molecule has 0 saturated carbocycles.